The van der Waals surface area contributed by atoms with E-state index in [1.165, 1.54) is 0 Å². The van der Waals surface area contributed by atoms with Crippen molar-refractivity contribution in [1.29, 1.82) is 0 Å². The largest absolute Gasteiger partial charge is 0.380 e. The number of carbonyl (C=O) groups excluding carboxylic acids is 1. The lowest BCUT2D eigenvalue weighted by Crippen LogP contribution is -2.38. The summed E-state index contributed by atoms with van der Waals surface area (Å²) in [4.78, 5) is 11.1. The third-order valence-electron chi connectivity index (χ3n) is 1.51. The lowest BCUT2D eigenvalue weighted by atomic mass is 10.4. The van der Waals surface area contributed by atoms with Gasteiger partial charge in [0.2, 0.25) is 5.91 Å². The molecular weight excluding hydrogens is 180 g/mol. The highest BCUT2D eigenvalue weighted by molar-refractivity contribution is 5.78. The highest BCUT2D eigenvalue weighted by Gasteiger charge is 2.00. The first kappa shape index (κ1) is 13.4. The molecular formula is C10H22N2O2. The predicted octanol–water partition coefficient (Wildman–Crippen LogP) is 0.527. The van der Waals surface area contributed by atoms with Crippen molar-refractivity contribution in [2.45, 2.75) is 33.2 Å². The van der Waals surface area contributed by atoms with Crippen LogP contribution in [-0.2, 0) is 9.53 Å². The van der Waals surface area contributed by atoms with E-state index in [0.717, 1.165) is 19.6 Å². The Bertz CT molecular complexity index is 149. The molecule has 1 amide bonds. The van der Waals surface area contributed by atoms with Crippen LogP contribution in [0.4, 0.5) is 0 Å². The molecule has 0 unspecified atom stereocenters. The Morgan fingerprint density at radius 3 is 2.64 bits per heavy atom. The summed E-state index contributed by atoms with van der Waals surface area (Å²) in [6, 6.07) is 0.209. The molecule has 0 aromatic heterocycles. The summed E-state index contributed by atoms with van der Waals surface area (Å²) in [5.41, 5.74) is 0. The Morgan fingerprint density at radius 1 is 1.36 bits per heavy atom. The molecule has 84 valence electrons. The predicted molar refractivity (Wildman–Crippen MR) is 57.3 cm³/mol. The first-order chi connectivity index (χ1) is 6.66. The molecule has 0 bridgehead atoms. The van der Waals surface area contributed by atoms with E-state index >= 15 is 0 Å². The van der Waals surface area contributed by atoms with Crippen LogP contribution in [0.1, 0.15) is 27.2 Å². The van der Waals surface area contributed by atoms with Crippen molar-refractivity contribution < 1.29 is 9.53 Å². The van der Waals surface area contributed by atoms with Gasteiger partial charge in [0.25, 0.3) is 0 Å². The Balaban J connectivity index is 3.15. The average Bonchev–Trinajstić information content (AvgIpc) is 2.10. The molecule has 14 heavy (non-hydrogen) atoms. The van der Waals surface area contributed by atoms with Gasteiger partial charge in [0.05, 0.1) is 13.2 Å². The van der Waals surface area contributed by atoms with Crippen molar-refractivity contribution in [3.8, 4) is 0 Å². The zero-order chi connectivity index (χ0) is 10.8. The molecule has 4 heteroatoms. The van der Waals surface area contributed by atoms with Crippen LogP contribution in [0, 0.1) is 0 Å². The molecule has 0 spiro atoms. The minimum atomic E-state index is 0.0375. The number of rotatable bonds is 8. The van der Waals surface area contributed by atoms with E-state index < -0.39 is 0 Å². The van der Waals surface area contributed by atoms with Crippen LogP contribution in [0.3, 0.4) is 0 Å². The summed E-state index contributed by atoms with van der Waals surface area (Å²) >= 11 is 0. The van der Waals surface area contributed by atoms with Crippen LogP contribution in [0.2, 0.25) is 0 Å². The fourth-order valence-electron chi connectivity index (χ4n) is 0.966. The number of nitrogens with one attached hydrogen (secondary N) is 2. The Hall–Kier alpha value is -0.610. The molecule has 0 saturated carbocycles. The number of ether oxygens (including phenoxy) is 1. The van der Waals surface area contributed by atoms with Crippen molar-refractivity contribution >= 4 is 5.91 Å². The van der Waals surface area contributed by atoms with E-state index in [1.807, 2.05) is 13.8 Å². The molecule has 0 radical (unpaired) electrons. The van der Waals surface area contributed by atoms with E-state index in [9.17, 15) is 4.79 Å². The molecule has 0 heterocycles. The second kappa shape index (κ2) is 8.97. The molecule has 0 atom stereocenters. The summed E-state index contributed by atoms with van der Waals surface area (Å²) < 4.78 is 5.25. The van der Waals surface area contributed by atoms with Gasteiger partial charge in [0.1, 0.15) is 0 Å². The van der Waals surface area contributed by atoms with Gasteiger partial charge < -0.3 is 15.4 Å². The van der Waals surface area contributed by atoms with Gasteiger partial charge in [-0.25, -0.2) is 0 Å². The van der Waals surface area contributed by atoms with Gasteiger partial charge in [0, 0.05) is 19.2 Å². The Morgan fingerprint density at radius 2 is 2.07 bits per heavy atom. The summed E-state index contributed by atoms with van der Waals surface area (Å²) in [5.74, 6) is 0.0375. The molecule has 0 aromatic carbocycles. The Kier molecular flexibility index (Phi) is 8.57. The lowest BCUT2D eigenvalue weighted by Gasteiger charge is -2.09. The smallest absolute Gasteiger partial charge is 0.234 e. The third-order valence-corrected chi connectivity index (χ3v) is 1.51. The Labute approximate surface area is 86.4 Å². The molecule has 0 aliphatic carbocycles. The van der Waals surface area contributed by atoms with Crippen molar-refractivity contribution in [1.82, 2.24) is 10.6 Å². The minimum Gasteiger partial charge on any atom is -0.380 e. The highest BCUT2D eigenvalue weighted by Crippen LogP contribution is 1.79. The minimum absolute atomic E-state index is 0.0375. The van der Waals surface area contributed by atoms with Crippen molar-refractivity contribution in [2.24, 2.45) is 0 Å². The van der Waals surface area contributed by atoms with Crippen LogP contribution < -0.4 is 10.6 Å². The summed E-state index contributed by atoms with van der Waals surface area (Å²) in [6.07, 6.45) is 1.04. The van der Waals surface area contributed by atoms with Gasteiger partial charge in [-0.2, -0.15) is 0 Å². The quantitative estimate of drug-likeness (QED) is 0.564. The maximum absolute atomic E-state index is 11.1. The van der Waals surface area contributed by atoms with Crippen LogP contribution in [0.5, 0.6) is 0 Å². The maximum atomic E-state index is 11.1. The standard InChI is InChI=1S/C10H22N2O2/c1-4-6-14-7-5-11-8-10(13)12-9(2)3/h9,11H,4-8H2,1-3H3,(H,12,13). The van der Waals surface area contributed by atoms with Crippen LogP contribution >= 0.6 is 0 Å². The van der Waals surface area contributed by atoms with E-state index in [4.69, 9.17) is 4.74 Å². The normalized spacial score (nSPS) is 10.6. The van der Waals surface area contributed by atoms with E-state index in [1.54, 1.807) is 0 Å². The summed E-state index contributed by atoms with van der Waals surface area (Å²) in [7, 11) is 0. The molecule has 0 rings (SSSR count). The fraction of sp³-hybridized carbons (Fsp3) is 0.900. The number of carbonyl (C=O) groups is 1. The summed E-state index contributed by atoms with van der Waals surface area (Å²) in [6.45, 7) is 8.52. The highest BCUT2D eigenvalue weighted by atomic mass is 16.5. The summed E-state index contributed by atoms with van der Waals surface area (Å²) in [5, 5.41) is 5.81. The topological polar surface area (TPSA) is 50.4 Å². The van der Waals surface area contributed by atoms with Gasteiger partial charge in [-0.3, -0.25) is 4.79 Å². The molecule has 0 aliphatic rings. The number of hydrogen-bond acceptors (Lipinski definition) is 3. The van der Waals surface area contributed by atoms with Gasteiger partial charge >= 0.3 is 0 Å². The van der Waals surface area contributed by atoms with Gasteiger partial charge in [-0.05, 0) is 20.3 Å². The maximum Gasteiger partial charge on any atom is 0.234 e. The van der Waals surface area contributed by atoms with E-state index in [-0.39, 0.29) is 11.9 Å². The third kappa shape index (κ3) is 9.48. The zero-order valence-corrected chi connectivity index (χ0v) is 9.43. The molecule has 2 N–H and O–H groups in total. The van der Waals surface area contributed by atoms with Crippen LogP contribution in [-0.4, -0.2) is 38.3 Å². The van der Waals surface area contributed by atoms with Gasteiger partial charge in [-0.1, -0.05) is 6.92 Å². The zero-order valence-electron chi connectivity index (χ0n) is 9.43. The average molecular weight is 202 g/mol. The first-order valence-electron chi connectivity index (χ1n) is 5.24. The van der Waals surface area contributed by atoms with Crippen LogP contribution in [0.25, 0.3) is 0 Å². The molecule has 0 fully saturated rings. The monoisotopic (exact) mass is 202 g/mol. The number of amides is 1. The molecule has 0 saturated heterocycles. The van der Waals surface area contributed by atoms with Crippen LogP contribution in [0.15, 0.2) is 0 Å². The molecule has 0 aliphatic heterocycles. The lowest BCUT2D eigenvalue weighted by molar-refractivity contribution is -0.120. The molecule has 0 aromatic rings. The van der Waals surface area contributed by atoms with Crippen molar-refractivity contribution in [3.05, 3.63) is 0 Å². The van der Waals surface area contributed by atoms with E-state index in [0.29, 0.717) is 13.2 Å². The van der Waals surface area contributed by atoms with Gasteiger partial charge in [-0.15, -0.1) is 0 Å². The van der Waals surface area contributed by atoms with Crippen molar-refractivity contribution in [2.75, 3.05) is 26.3 Å². The SMILES string of the molecule is CCCOCCNCC(=O)NC(C)C. The van der Waals surface area contributed by atoms with E-state index in [2.05, 4.69) is 17.6 Å². The number of hydrogen-bond donors (Lipinski definition) is 2. The second-order valence-electron chi connectivity index (χ2n) is 3.51. The fourth-order valence-corrected chi connectivity index (χ4v) is 0.966. The second-order valence-corrected chi connectivity index (χ2v) is 3.51. The molecule has 4 nitrogen and oxygen atoms in total. The van der Waals surface area contributed by atoms with Crippen molar-refractivity contribution in [3.63, 3.8) is 0 Å². The van der Waals surface area contributed by atoms with Gasteiger partial charge in [0.15, 0.2) is 0 Å². The first-order valence-corrected chi connectivity index (χ1v) is 5.24.